The Morgan fingerprint density at radius 3 is 2.48 bits per heavy atom. The molecule has 8 heteroatoms. The minimum atomic E-state index is -0.696. The summed E-state index contributed by atoms with van der Waals surface area (Å²) in [4.78, 5) is 22.0. The molecule has 21 heavy (non-hydrogen) atoms. The summed E-state index contributed by atoms with van der Waals surface area (Å²) in [5, 5.41) is 24.8. The molecule has 0 aromatic heterocycles. The van der Waals surface area contributed by atoms with Crippen molar-refractivity contribution in [1.29, 1.82) is 0 Å². The van der Waals surface area contributed by atoms with E-state index in [1.54, 1.807) is 0 Å². The Hall–Kier alpha value is -2.31. The Kier molecular flexibility index (Phi) is 4.30. The maximum atomic E-state index is 12.0. The number of halogens is 2. The van der Waals surface area contributed by atoms with Crippen molar-refractivity contribution in [2.45, 2.75) is 0 Å². The van der Waals surface area contributed by atoms with Gasteiger partial charge in [0.1, 0.15) is 0 Å². The third-order valence-corrected chi connectivity index (χ3v) is 3.15. The molecule has 2 aromatic rings. The summed E-state index contributed by atoms with van der Waals surface area (Å²) in [6.45, 7) is 0. The van der Waals surface area contributed by atoms with Gasteiger partial charge in [0.05, 0.1) is 15.6 Å². The molecular formula is C13H7Cl2N2O4-. The van der Waals surface area contributed by atoms with Crippen LogP contribution in [0.3, 0.4) is 0 Å². The molecule has 0 aliphatic rings. The average molecular weight is 326 g/mol. The number of nitrogens with zero attached hydrogens (tertiary/aromatic N) is 1. The van der Waals surface area contributed by atoms with Crippen molar-refractivity contribution in [3.63, 3.8) is 0 Å². The van der Waals surface area contributed by atoms with Crippen LogP contribution in [-0.2, 0) is 0 Å². The second-order valence-electron chi connectivity index (χ2n) is 4.02. The first kappa shape index (κ1) is 15.1. The van der Waals surface area contributed by atoms with E-state index in [4.69, 9.17) is 23.2 Å². The predicted octanol–water partition coefficient (Wildman–Crippen LogP) is 3.23. The van der Waals surface area contributed by atoms with Crippen molar-refractivity contribution < 1.29 is 14.8 Å². The van der Waals surface area contributed by atoms with E-state index in [1.165, 1.54) is 30.3 Å². The van der Waals surface area contributed by atoms with E-state index in [1.807, 2.05) is 0 Å². The number of anilines is 1. The van der Waals surface area contributed by atoms with Crippen molar-refractivity contribution in [2.24, 2.45) is 0 Å². The number of nitro groups is 1. The first-order valence-corrected chi connectivity index (χ1v) is 6.36. The molecular weight excluding hydrogens is 319 g/mol. The number of hydrogen-bond acceptors (Lipinski definition) is 4. The Morgan fingerprint density at radius 2 is 1.86 bits per heavy atom. The van der Waals surface area contributed by atoms with Crippen LogP contribution in [0.5, 0.6) is 5.75 Å². The number of carbonyl (C=O) groups is 1. The molecule has 0 radical (unpaired) electrons. The standard InChI is InChI=1S/C13H8Cl2N2O4/c14-7-1-4-12(18)9(5-7)13(19)16-11-3-2-8(17(20)21)6-10(11)15/h1-6,18H,(H,16,19)/p-1. The van der Waals surface area contributed by atoms with Crippen LogP contribution in [0, 0.1) is 10.1 Å². The summed E-state index contributed by atoms with van der Waals surface area (Å²) in [7, 11) is 0. The lowest BCUT2D eigenvalue weighted by molar-refractivity contribution is -0.384. The zero-order chi connectivity index (χ0) is 15.6. The Balaban J connectivity index is 2.27. The number of amides is 1. The molecule has 0 saturated carbocycles. The lowest BCUT2D eigenvalue weighted by Crippen LogP contribution is -2.14. The van der Waals surface area contributed by atoms with Crippen LogP contribution < -0.4 is 10.4 Å². The van der Waals surface area contributed by atoms with Gasteiger partial charge in [-0.1, -0.05) is 35.0 Å². The molecule has 0 aliphatic carbocycles. The molecule has 0 unspecified atom stereocenters. The molecule has 1 N–H and O–H groups in total. The summed E-state index contributed by atoms with van der Waals surface area (Å²) >= 11 is 11.6. The predicted molar refractivity (Wildman–Crippen MR) is 77.0 cm³/mol. The number of hydrogen-bond donors (Lipinski definition) is 1. The van der Waals surface area contributed by atoms with Crippen LogP contribution in [0.4, 0.5) is 11.4 Å². The van der Waals surface area contributed by atoms with E-state index in [-0.39, 0.29) is 27.0 Å². The van der Waals surface area contributed by atoms with E-state index in [0.29, 0.717) is 0 Å². The fourth-order valence-electron chi connectivity index (χ4n) is 1.59. The van der Waals surface area contributed by atoms with Crippen LogP contribution in [-0.4, -0.2) is 10.8 Å². The topological polar surface area (TPSA) is 95.3 Å². The largest absolute Gasteiger partial charge is 0.872 e. The molecule has 2 rings (SSSR count). The molecule has 0 spiro atoms. The van der Waals surface area contributed by atoms with Crippen molar-refractivity contribution in [1.82, 2.24) is 0 Å². The number of nitrogens with one attached hydrogen (secondary N) is 1. The second kappa shape index (κ2) is 5.99. The van der Waals surface area contributed by atoms with Gasteiger partial charge >= 0.3 is 0 Å². The third kappa shape index (κ3) is 3.42. The van der Waals surface area contributed by atoms with Gasteiger partial charge in [0, 0.05) is 22.7 Å². The van der Waals surface area contributed by atoms with Gasteiger partial charge in [0.2, 0.25) is 0 Å². The lowest BCUT2D eigenvalue weighted by atomic mass is 10.2. The SMILES string of the molecule is O=C(Nc1ccc([N+](=O)[O-])cc1Cl)c1cc(Cl)ccc1[O-]. The van der Waals surface area contributed by atoms with Gasteiger partial charge in [-0.15, -0.1) is 0 Å². The summed E-state index contributed by atoms with van der Waals surface area (Å²) in [5.41, 5.74) is -0.186. The Bertz CT molecular complexity index is 734. The van der Waals surface area contributed by atoms with Crippen LogP contribution in [0.1, 0.15) is 10.4 Å². The van der Waals surface area contributed by atoms with Gasteiger partial charge in [0.25, 0.3) is 11.6 Å². The van der Waals surface area contributed by atoms with E-state index in [9.17, 15) is 20.0 Å². The molecule has 0 bridgehead atoms. The van der Waals surface area contributed by atoms with Crippen LogP contribution in [0.2, 0.25) is 10.0 Å². The number of carbonyl (C=O) groups excluding carboxylic acids is 1. The van der Waals surface area contributed by atoms with E-state index >= 15 is 0 Å². The zero-order valence-electron chi connectivity index (χ0n) is 10.3. The number of benzene rings is 2. The monoisotopic (exact) mass is 325 g/mol. The summed E-state index contributed by atoms with van der Waals surface area (Å²) < 4.78 is 0. The molecule has 6 nitrogen and oxygen atoms in total. The van der Waals surface area contributed by atoms with Gasteiger partial charge in [-0.3, -0.25) is 14.9 Å². The van der Waals surface area contributed by atoms with Gasteiger partial charge in [-0.05, 0) is 18.2 Å². The highest BCUT2D eigenvalue weighted by Crippen LogP contribution is 2.28. The molecule has 0 aliphatic heterocycles. The fourth-order valence-corrected chi connectivity index (χ4v) is 1.98. The molecule has 0 heterocycles. The van der Waals surface area contributed by atoms with Crippen molar-refractivity contribution in [2.75, 3.05) is 5.32 Å². The number of non-ortho nitro benzene ring substituents is 1. The molecule has 0 saturated heterocycles. The van der Waals surface area contributed by atoms with Gasteiger partial charge < -0.3 is 10.4 Å². The van der Waals surface area contributed by atoms with E-state index < -0.39 is 16.6 Å². The average Bonchev–Trinajstić information content (AvgIpc) is 2.43. The maximum absolute atomic E-state index is 12.0. The first-order chi connectivity index (χ1) is 9.88. The Morgan fingerprint density at radius 1 is 1.14 bits per heavy atom. The van der Waals surface area contributed by atoms with Crippen LogP contribution in [0.15, 0.2) is 36.4 Å². The quantitative estimate of drug-likeness (QED) is 0.692. The smallest absolute Gasteiger partial charge is 0.271 e. The summed E-state index contributed by atoms with van der Waals surface area (Å²) in [5.74, 6) is -1.19. The summed E-state index contributed by atoms with van der Waals surface area (Å²) in [6, 6.07) is 7.37. The van der Waals surface area contributed by atoms with Gasteiger partial charge in [-0.2, -0.15) is 0 Å². The zero-order valence-corrected chi connectivity index (χ0v) is 11.8. The number of rotatable bonds is 3. The van der Waals surface area contributed by atoms with Gasteiger partial charge in [0.15, 0.2) is 0 Å². The van der Waals surface area contributed by atoms with E-state index in [2.05, 4.69) is 5.32 Å². The second-order valence-corrected chi connectivity index (χ2v) is 4.86. The minimum Gasteiger partial charge on any atom is -0.872 e. The molecule has 108 valence electrons. The lowest BCUT2D eigenvalue weighted by Gasteiger charge is -2.14. The van der Waals surface area contributed by atoms with E-state index in [0.717, 1.165) is 6.07 Å². The maximum Gasteiger partial charge on any atom is 0.271 e. The normalized spacial score (nSPS) is 10.2. The molecule has 0 fully saturated rings. The molecule has 1 amide bonds. The third-order valence-electron chi connectivity index (χ3n) is 2.60. The highest BCUT2D eigenvalue weighted by Gasteiger charge is 2.13. The highest BCUT2D eigenvalue weighted by molar-refractivity contribution is 6.34. The first-order valence-electron chi connectivity index (χ1n) is 5.60. The van der Waals surface area contributed by atoms with Gasteiger partial charge in [-0.25, -0.2) is 0 Å². The summed E-state index contributed by atoms with van der Waals surface area (Å²) in [6.07, 6.45) is 0. The van der Waals surface area contributed by atoms with Crippen LogP contribution in [0.25, 0.3) is 0 Å². The van der Waals surface area contributed by atoms with Crippen molar-refractivity contribution in [3.8, 4) is 5.75 Å². The van der Waals surface area contributed by atoms with Crippen molar-refractivity contribution in [3.05, 3.63) is 62.1 Å². The molecule has 2 aromatic carbocycles. The Labute approximate surface area is 129 Å². The minimum absolute atomic E-state index is 0.00738. The van der Waals surface area contributed by atoms with Crippen molar-refractivity contribution >= 4 is 40.5 Å². The number of nitro benzene ring substituents is 1. The highest BCUT2D eigenvalue weighted by atomic mass is 35.5. The van der Waals surface area contributed by atoms with Crippen LogP contribution >= 0.6 is 23.2 Å². The molecule has 0 atom stereocenters. The fraction of sp³-hybridized carbons (Fsp3) is 0.